The van der Waals surface area contributed by atoms with Crippen LogP contribution in [0.25, 0.3) is 0 Å². The molecule has 0 bridgehead atoms. The fourth-order valence-corrected chi connectivity index (χ4v) is 4.31. The van der Waals surface area contributed by atoms with Crippen LogP contribution in [0.1, 0.15) is 20.8 Å². The number of rotatable bonds is 5. The van der Waals surface area contributed by atoms with E-state index in [9.17, 15) is 14.4 Å². The number of benzene rings is 2. The summed E-state index contributed by atoms with van der Waals surface area (Å²) in [5.74, 6) is -0.816. The number of urea groups is 1. The third kappa shape index (κ3) is 3.00. The molecule has 3 amide bonds. The van der Waals surface area contributed by atoms with Crippen molar-refractivity contribution in [2.75, 3.05) is 6.54 Å². The Hall–Kier alpha value is -2.96. The van der Waals surface area contributed by atoms with E-state index in [1.54, 1.807) is 60.7 Å². The summed E-state index contributed by atoms with van der Waals surface area (Å²) in [6, 6.07) is 20.7. The van der Waals surface area contributed by atoms with Crippen molar-refractivity contribution >= 4 is 40.7 Å². The molecular weight excluding hydrogens is 396 g/mol. The zero-order valence-electron chi connectivity index (χ0n) is 14.6. The molecule has 0 atom stereocenters. The number of Topliss-reactive ketones (excluding diaryl/α,β-unsaturated/α-hetero) is 1. The standard InChI is InChI=1S/C21H15ClN2O3S/c22-18-12-11-17(28-18)16(25)13-24-19(26)21(23-20(24)27,14-7-3-1-4-8-14)15-9-5-2-6-10-15/h1-12H,13H2,(H,23,27). The van der Waals surface area contributed by atoms with Gasteiger partial charge >= 0.3 is 6.03 Å². The van der Waals surface area contributed by atoms with Crippen LogP contribution in [0.15, 0.2) is 72.8 Å². The molecule has 2 aromatic carbocycles. The summed E-state index contributed by atoms with van der Waals surface area (Å²) in [5, 5.41) is 2.82. The molecule has 5 nitrogen and oxygen atoms in total. The highest BCUT2D eigenvalue weighted by Crippen LogP contribution is 2.36. The zero-order valence-corrected chi connectivity index (χ0v) is 16.2. The van der Waals surface area contributed by atoms with Gasteiger partial charge in [0.25, 0.3) is 5.91 Å². The number of nitrogens with one attached hydrogen (secondary N) is 1. The first kappa shape index (κ1) is 18.4. The van der Waals surface area contributed by atoms with Gasteiger partial charge in [0.2, 0.25) is 0 Å². The Bertz CT molecular complexity index is 1010. The fourth-order valence-electron chi connectivity index (χ4n) is 3.34. The Morgan fingerprint density at radius 3 is 2.00 bits per heavy atom. The molecular formula is C21H15ClN2O3S. The molecule has 0 radical (unpaired) electrons. The Balaban J connectivity index is 1.74. The summed E-state index contributed by atoms with van der Waals surface area (Å²) in [6.07, 6.45) is 0. The SMILES string of the molecule is O=C(CN1C(=O)NC(c2ccccc2)(c2ccccc2)C1=O)c1ccc(Cl)s1. The van der Waals surface area contributed by atoms with Gasteiger partial charge < -0.3 is 5.32 Å². The predicted molar refractivity (Wildman–Crippen MR) is 108 cm³/mol. The van der Waals surface area contributed by atoms with E-state index in [-0.39, 0.29) is 12.3 Å². The molecule has 140 valence electrons. The molecule has 0 unspecified atom stereocenters. The average Bonchev–Trinajstić information content (AvgIpc) is 3.26. The van der Waals surface area contributed by atoms with Crippen LogP contribution in [0.4, 0.5) is 4.79 Å². The number of thiophene rings is 1. The van der Waals surface area contributed by atoms with E-state index in [1.807, 2.05) is 12.1 Å². The number of nitrogens with zero attached hydrogens (tertiary/aromatic N) is 1. The molecule has 28 heavy (non-hydrogen) atoms. The maximum atomic E-state index is 13.5. The van der Waals surface area contributed by atoms with Crippen molar-refractivity contribution in [3.05, 3.63) is 93.1 Å². The summed E-state index contributed by atoms with van der Waals surface area (Å²) in [6.45, 7) is -0.344. The van der Waals surface area contributed by atoms with E-state index in [4.69, 9.17) is 11.6 Å². The van der Waals surface area contributed by atoms with Crippen molar-refractivity contribution in [3.8, 4) is 0 Å². The maximum Gasteiger partial charge on any atom is 0.325 e. The zero-order chi connectivity index (χ0) is 19.7. The van der Waals surface area contributed by atoms with E-state index in [1.165, 1.54) is 0 Å². The Morgan fingerprint density at radius 2 is 1.50 bits per heavy atom. The molecule has 1 saturated heterocycles. The molecule has 1 N–H and O–H groups in total. The summed E-state index contributed by atoms with van der Waals surface area (Å²) in [4.78, 5) is 40.2. The van der Waals surface area contributed by atoms with E-state index in [0.29, 0.717) is 20.3 Å². The van der Waals surface area contributed by atoms with Crippen molar-refractivity contribution < 1.29 is 14.4 Å². The summed E-state index contributed by atoms with van der Waals surface area (Å²) in [5.41, 5.74) is -0.102. The van der Waals surface area contributed by atoms with Crippen LogP contribution < -0.4 is 5.32 Å². The van der Waals surface area contributed by atoms with E-state index in [2.05, 4.69) is 5.32 Å². The number of amides is 3. The van der Waals surface area contributed by atoms with Crippen molar-refractivity contribution in [3.63, 3.8) is 0 Å². The normalized spacial score (nSPS) is 15.5. The third-order valence-corrected chi connectivity index (χ3v) is 5.94. The van der Waals surface area contributed by atoms with Crippen molar-refractivity contribution in [2.45, 2.75) is 5.54 Å². The van der Waals surface area contributed by atoms with Crippen LogP contribution in [-0.4, -0.2) is 29.2 Å². The number of imide groups is 1. The van der Waals surface area contributed by atoms with Gasteiger partial charge in [-0.1, -0.05) is 72.3 Å². The van der Waals surface area contributed by atoms with Crippen molar-refractivity contribution in [2.24, 2.45) is 0 Å². The van der Waals surface area contributed by atoms with E-state index >= 15 is 0 Å². The lowest BCUT2D eigenvalue weighted by molar-refractivity contribution is -0.129. The maximum absolute atomic E-state index is 13.5. The Kier molecular flexibility index (Phi) is 4.75. The molecule has 0 saturated carbocycles. The first-order valence-electron chi connectivity index (χ1n) is 8.56. The van der Waals surface area contributed by atoms with Crippen LogP contribution in [0, 0.1) is 0 Å². The van der Waals surface area contributed by atoms with Gasteiger partial charge in [-0.25, -0.2) is 4.79 Å². The second kappa shape index (κ2) is 7.22. The lowest BCUT2D eigenvalue weighted by Gasteiger charge is -2.27. The van der Waals surface area contributed by atoms with Gasteiger partial charge in [0.1, 0.15) is 0 Å². The number of halogens is 1. The minimum atomic E-state index is -1.37. The third-order valence-electron chi connectivity index (χ3n) is 4.67. The lowest BCUT2D eigenvalue weighted by Crippen LogP contribution is -2.45. The van der Waals surface area contributed by atoms with Crippen molar-refractivity contribution in [1.29, 1.82) is 0 Å². The average molecular weight is 411 g/mol. The monoisotopic (exact) mass is 410 g/mol. The number of hydrogen-bond acceptors (Lipinski definition) is 4. The van der Waals surface area contributed by atoms with Gasteiger partial charge in [0.15, 0.2) is 11.3 Å². The van der Waals surface area contributed by atoms with Gasteiger partial charge in [-0.2, -0.15) is 0 Å². The molecule has 7 heteroatoms. The topological polar surface area (TPSA) is 66.5 Å². The molecule has 1 aromatic heterocycles. The molecule has 3 aromatic rings. The second-order valence-corrected chi connectivity index (χ2v) is 8.05. The molecule has 2 heterocycles. The molecule has 1 aliphatic rings. The first-order valence-corrected chi connectivity index (χ1v) is 9.75. The smallest absolute Gasteiger partial charge is 0.315 e. The number of carbonyl (C=O) groups is 3. The lowest BCUT2D eigenvalue weighted by atomic mass is 9.82. The van der Waals surface area contributed by atoms with Crippen LogP contribution in [0.3, 0.4) is 0 Å². The van der Waals surface area contributed by atoms with Crippen LogP contribution in [0.2, 0.25) is 4.34 Å². The van der Waals surface area contributed by atoms with E-state index in [0.717, 1.165) is 16.2 Å². The van der Waals surface area contributed by atoms with Gasteiger partial charge in [0, 0.05) is 0 Å². The fraction of sp³-hybridized carbons (Fsp3) is 0.0952. The second-order valence-electron chi connectivity index (χ2n) is 6.33. The Labute approximate surface area is 170 Å². The molecule has 0 spiro atoms. The molecule has 1 fully saturated rings. The molecule has 0 aliphatic carbocycles. The highest BCUT2D eigenvalue weighted by atomic mass is 35.5. The van der Waals surface area contributed by atoms with Gasteiger partial charge in [-0.05, 0) is 23.3 Å². The highest BCUT2D eigenvalue weighted by molar-refractivity contribution is 7.18. The first-order chi connectivity index (χ1) is 13.5. The largest absolute Gasteiger partial charge is 0.325 e. The van der Waals surface area contributed by atoms with Gasteiger partial charge in [0.05, 0.1) is 15.8 Å². The molecule has 4 rings (SSSR count). The van der Waals surface area contributed by atoms with Crippen LogP contribution >= 0.6 is 22.9 Å². The highest BCUT2D eigenvalue weighted by Gasteiger charge is 2.54. The molecule has 1 aliphatic heterocycles. The van der Waals surface area contributed by atoms with Crippen molar-refractivity contribution in [1.82, 2.24) is 10.2 Å². The van der Waals surface area contributed by atoms with Gasteiger partial charge in [-0.3, -0.25) is 14.5 Å². The number of hydrogen-bond donors (Lipinski definition) is 1. The minimum absolute atomic E-state index is 0.336. The minimum Gasteiger partial charge on any atom is -0.315 e. The predicted octanol–water partition coefficient (Wildman–Crippen LogP) is 4.08. The quantitative estimate of drug-likeness (QED) is 0.509. The Morgan fingerprint density at radius 1 is 0.929 bits per heavy atom. The number of carbonyl (C=O) groups excluding carboxylic acids is 3. The van der Waals surface area contributed by atoms with Crippen LogP contribution in [-0.2, 0) is 10.3 Å². The van der Waals surface area contributed by atoms with E-state index < -0.39 is 17.5 Å². The summed E-state index contributed by atoms with van der Waals surface area (Å²) in [7, 11) is 0. The van der Waals surface area contributed by atoms with Crippen LogP contribution in [0.5, 0.6) is 0 Å². The summed E-state index contributed by atoms with van der Waals surface area (Å²) < 4.78 is 0.475. The van der Waals surface area contributed by atoms with Gasteiger partial charge in [-0.15, -0.1) is 11.3 Å². The number of ketones is 1. The summed E-state index contributed by atoms with van der Waals surface area (Å²) >= 11 is 7.01.